The van der Waals surface area contributed by atoms with Gasteiger partial charge in [-0.05, 0) is 0 Å². The third-order valence-corrected chi connectivity index (χ3v) is 1.05. The number of aliphatic hydroxyl groups excluding tert-OH is 1. The van der Waals surface area contributed by atoms with Crippen molar-refractivity contribution in [1.29, 1.82) is 0 Å². The molecule has 0 rings (SSSR count). The van der Waals surface area contributed by atoms with Gasteiger partial charge in [0.25, 0.3) is 0 Å². The monoisotopic (exact) mass is 187 g/mol. The number of aliphatic hydroxyl groups is 1. The fraction of sp³-hybridized carbons (Fsp3) is 0.429. The number of rotatable bonds is 5. The van der Waals surface area contributed by atoms with Crippen molar-refractivity contribution < 1.29 is 14.7 Å². The topological polar surface area (TPSA) is 90.5 Å². The fourth-order valence-electron chi connectivity index (χ4n) is 0.501. The van der Waals surface area contributed by atoms with Gasteiger partial charge in [-0.3, -0.25) is 15.0 Å². The Morgan fingerprint density at radius 1 is 1.38 bits per heavy atom. The average molecular weight is 187 g/mol. The predicted octanol–water partition coefficient (Wildman–Crippen LogP) is -2.10. The molecule has 0 heterocycles. The van der Waals surface area contributed by atoms with E-state index in [0.29, 0.717) is 0 Å². The lowest BCUT2D eigenvalue weighted by Gasteiger charge is -2.04. The van der Waals surface area contributed by atoms with Crippen LogP contribution in [0.5, 0.6) is 0 Å². The zero-order valence-corrected chi connectivity index (χ0v) is 7.17. The molecule has 0 saturated heterocycles. The molecule has 6 nitrogen and oxygen atoms in total. The van der Waals surface area contributed by atoms with Crippen molar-refractivity contribution in [2.24, 2.45) is 0 Å². The van der Waals surface area contributed by atoms with Crippen LogP contribution in [0, 0.1) is 0 Å². The Morgan fingerprint density at radius 2 is 2.08 bits per heavy atom. The summed E-state index contributed by atoms with van der Waals surface area (Å²) in [5, 5.41) is 10.6. The number of carbonyl (C=O) groups is 2. The van der Waals surface area contributed by atoms with E-state index in [4.69, 9.17) is 5.11 Å². The summed E-state index contributed by atoms with van der Waals surface area (Å²) < 4.78 is 0. The lowest BCUT2D eigenvalue weighted by molar-refractivity contribution is -0.139. The Balaban J connectivity index is 3.57. The van der Waals surface area contributed by atoms with Crippen molar-refractivity contribution in [2.45, 2.75) is 0 Å². The summed E-state index contributed by atoms with van der Waals surface area (Å²) in [6.45, 7) is 3.69. The minimum atomic E-state index is -0.796. The predicted molar refractivity (Wildman–Crippen MR) is 46.4 cm³/mol. The molecule has 0 saturated carbocycles. The Morgan fingerprint density at radius 3 is 2.62 bits per heavy atom. The van der Waals surface area contributed by atoms with Crippen molar-refractivity contribution in [3.63, 3.8) is 0 Å². The van der Waals surface area contributed by atoms with Gasteiger partial charge in [0.1, 0.15) is 0 Å². The smallest absolute Gasteiger partial charge is 0.323 e. The molecule has 0 spiro atoms. The van der Waals surface area contributed by atoms with Gasteiger partial charge in [0.15, 0.2) is 0 Å². The van der Waals surface area contributed by atoms with Crippen LogP contribution in [-0.4, -0.2) is 36.6 Å². The van der Waals surface area contributed by atoms with Crippen molar-refractivity contribution in [3.05, 3.63) is 12.7 Å². The second-order valence-corrected chi connectivity index (χ2v) is 2.10. The maximum absolute atomic E-state index is 10.8. The van der Waals surface area contributed by atoms with Gasteiger partial charge in [0.2, 0.25) is 0 Å². The van der Waals surface area contributed by atoms with Crippen LogP contribution in [0.1, 0.15) is 0 Å². The molecule has 6 heteroatoms. The summed E-state index contributed by atoms with van der Waals surface area (Å²) in [6.07, 6.45) is 1.46. The standard InChI is InChI=1S/C7H13N3O3/c1-2-3-8-6(12)7(13)10-9-4-5-11/h2,9,11H,1,3-5H2,(H,8,12)(H,10,13). The first-order valence-corrected chi connectivity index (χ1v) is 3.75. The quantitative estimate of drug-likeness (QED) is 0.172. The highest BCUT2D eigenvalue weighted by atomic mass is 16.3. The number of nitrogens with one attached hydrogen (secondary N) is 3. The summed E-state index contributed by atoms with van der Waals surface area (Å²) in [6, 6.07) is 0. The highest BCUT2D eigenvalue weighted by Gasteiger charge is 2.10. The molecule has 0 aromatic rings. The van der Waals surface area contributed by atoms with Crippen molar-refractivity contribution >= 4 is 11.8 Å². The number of amides is 2. The molecule has 0 aliphatic rings. The summed E-state index contributed by atoms with van der Waals surface area (Å²) in [5.74, 6) is -1.54. The Labute approximate surface area is 76.0 Å². The van der Waals surface area contributed by atoms with Gasteiger partial charge in [-0.25, -0.2) is 5.43 Å². The maximum Gasteiger partial charge on any atom is 0.323 e. The Kier molecular flexibility index (Phi) is 6.48. The minimum Gasteiger partial charge on any atom is -0.395 e. The summed E-state index contributed by atoms with van der Waals surface area (Å²) in [4.78, 5) is 21.6. The van der Waals surface area contributed by atoms with Gasteiger partial charge in [0, 0.05) is 13.1 Å². The molecule has 0 radical (unpaired) electrons. The summed E-state index contributed by atoms with van der Waals surface area (Å²) in [5.41, 5.74) is 4.45. The van der Waals surface area contributed by atoms with E-state index < -0.39 is 11.8 Å². The summed E-state index contributed by atoms with van der Waals surface area (Å²) >= 11 is 0. The first-order valence-electron chi connectivity index (χ1n) is 3.75. The second kappa shape index (κ2) is 7.26. The van der Waals surface area contributed by atoms with Crippen LogP contribution in [0.2, 0.25) is 0 Å². The highest BCUT2D eigenvalue weighted by Crippen LogP contribution is 1.67. The number of hydrogen-bond donors (Lipinski definition) is 4. The van der Waals surface area contributed by atoms with Gasteiger partial charge in [-0.15, -0.1) is 6.58 Å². The van der Waals surface area contributed by atoms with E-state index in [1.165, 1.54) is 6.08 Å². The molecule has 0 aromatic carbocycles. The molecular weight excluding hydrogens is 174 g/mol. The van der Waals surface area contributed by atoms with E-state index in [-0.39, 0.29) is 19.7 Å². The third kappa shape index (κ3) is 5.83. The average Bonchev–Trinajstić information content (AvgIpc) is 2.14. The SMILES string of the molecule is C=CCNC(=O)C(=O)NNCCO. The van der Waals surface area contributed by atoms with Gasteiger partial charge in [-0.2, -0.15) is 0 Å². The lowest BCUT2D eigenvalue weighted by atomic mass is 10.5. The van der Waals surface area contributed by atoms with Crippen molar-refractivity contribution in [1.82, 2.24) is 16.2 Å². The molecule has 0 atom stereocenters. The summed E-state index contributed by atoms with van der Waals surface area (Å²) in [7, 11) is 0. The Hall–Kier alpha value is -1.40. The number of hydrogen-bond acceptors (Lipinski definition) is 4. The maximum atomic E-state index is 10.8. The van der Waals surface area contributed by atoms with Crippen LogP contribution in [0.4, 0.5) is 0 Å². The lowest BCUT2D eigenvalue weighted by Crippen LogP contribution is -2.47. The molecule has 74 valence electrons. The Bertz CT molecular complexity index is 193. The second-order valence-electron chi connectivity index (χ2n) is 2.10. The van der Waals surface area contributed by atoms with Crippen LogP contribution in [0.25, 0.3) is 0 Å². The fourth-order valence-corrected chi connectivity index (χ4v) is 0.501. The first-order chi connectivity index (χ1) is 6.22. The number of hydrazine groups is 1. The van der Waals surface area contributed by atoms with E-state index in [9.17, 15) is 9.59 Å². The largest absolute Gasteiger partial charge is 0.395 e. The van der Waals surface area contributed by atoms with Crippen LogP contribution in [0.15, 0.2) is 12.7 Å². The number of carbonyl (C=O) groups excluding carboxylic acids is 2. The molecule has 0 aliphatic heterocycles. The minimum absolute atomic E-state index is 0.117. The van der Waals surface area contributed by atoms with E-state index >= 15 is 0 Å². The van der Waals surface area contributed by atoms with E-state index in [0.717, 1.165) is 0 Å². The highest BCUT2D eigenvalue weighted by molar-refractivity contribution is 6.34. The third-order valence-electron chi connectivity index (χ3n) is 1.05. The van der Waals surface area contributed by atoms with E-state index in [1.807, 2.05) is 0 Å². The van der Waals surface area contributed by atoms with Gasteiger partial charge in [-0.1, -0.05) is 6.08 Å². The van der Waals surface area contributed by atoms with Gasteiger partial charge < -0.3 is 10.4 Å². The van der Waals surface area contributed by atoms with Crippen LogP contribution in [0.3, 0.4) is 0 Å². The molecule has 4 N–H and O–H groups in total. The molecule has 13 heavy (non-hydrogen) atoms. The van der Waals surface area contributed by atoms with Crippen LogP contribution < -0.4 is 16.2 Å². The zero-order chi connectivity index (χ0) is 10.1. The molecule has 0 bridgehead atoms. The molecule has 0 aliphatic carbocycles. The van der Waals surface area contributed by atoms with E-state index in [2.05, 4.69) is 22.7 Å². The van der Waals surface area contributed by atoms with Crippen LogP contribution >= 0.6 is 0 Å². The first kappa shape index (κ1) is 11.6. The normalized spacial score (nSPS) is 9.00. The molecule has 2 amide bonds. The molecule has 0 fully saturated rings. The van der Waals surface area contributed by atoms with Gasteiger partial charge in [0.05, 0.1) is 6.61 Å². The molecular formula is C7H13N3O3. The van der Waals surface area contributed by atoms with E-state index in [1.54, 1.807) is 0 Å². The molecule has 0 unspecified atom stereocenters. The van der Waals surface area contributed by atoms with Crippen molar-refractivity contribution in [2.75, 3.05) is 19.7 Å². The van der Waals surface area contributed by atoms with Crippen molar-refractivity contribution in [3.8, 4) is 0 Å². The molecule has 0 aromatic heterocycles. The van der Waals surface area contributed by atoms with Crippen LogP contribution in [-0.2, 0) is 9.59 Å². The van der Waals surface area contributed by atoms with Gasteiger partial charge >= 0.3 is 11.8 Å². The zero-order valence-electron chi connectivity index (χ0n) is 7.17.